The van der Waals surface area contributed by atoms with Gasteiger partial charge in [-0.15, -0.1) is 11.3 Å². The first-order chi connectivity index (χ1) is 10.2. The standard InChI is InChI=1S/C19H33NS/c1-5-8-10-11-13-15-19(4,14-12-9-6-2)17-16-20-18(7-3)21-17/h7,16H,3,5-6,8-15H2,1-2,4H3. The summed E-state index contributed by atoms with van der Waals surface area (Å²) in [6, 6.07) is 0. The Labute approximate surface area is 135 Å². The van der Waals surface area contributed by atoms with Gasteiger partial charge in [0.2, 0.25) is 0 Å². The monoisotopic (exact) mass is 307 g/mol. The molecule has 0 aliphatic rings. The molecule has 1 heterocycles. The van der Waals surface area contributed by atoms with E-state index in [1.807, 2.05) is 17.4 Å². The molecule has 0 amide bonds. The Kier molecular flexibility index (Phi) is 8.91. The van der Waals surface area contributed by atoms with Gasteiger partial charge in [-0.05, 0) is 18.9 Å². The van der Waals surface area contributed by atoms with Crippen molar-refractivity contribution in [1.82, 2.24) is 4.98 Å². The van der Waals surface area contributed by atoms with Crippen molar-refractivity contribution >= 4 is 17.4 Å². The molecular formula is C19H33NS. The lowest BCUT2D eigenvalue weighted by atomic mass is 9.79. The first-order valence-corrected chi connectivity index (χ1v) is 9.56. The molecule has 0 bridgehead atoms. The summed E-state index contributed by atoms with van der Waals surface area (Å²) in [6.07, 6.45) is 17.4. The Bertz CT molecular complexity index is 396. The summed E-state index contributed by atoms with van der Waals surface area (Å²) in [7, 11) is 0. The Balaban J connectivity index is 2.62. The molecule has 0 spiro atoms. The first kappa shape index (κ1) is 18.4. The molecule has 21 heavy (non-hydrogen) atoms. The molecule has 0 aromatic carbocycles. The zero-order valence-electron chi connectivity index (χ0n) is 14.3. The second-order valence-corrected chi connectivity index (χ2v) is 7.51. The predicted molar refractivity (Wildman–Crippen MR) is 97.1 cm³/mol. The van der Waals surface area contributed by atoms with E-state index < -0.39 is 0 Å². The van der Waals surface area contributed by atoms with Crippen molar-refractivity contribution in [2.45, 2.75) is 90.4 Å². The van der Waals surface area contributed by atoms with Gasteiger partial charge in [0.25, 0.3) is 0 Å². The van der Waals surface area contributed by atoms with E-state index >= 15 is 0 Å². The number of hydrogen-bond acceptors (Lipinski definition) is 2. The van der Waals surface area contributed by atoms with E-state index in [0.717, 1.165) is 5.01 Å². The summed E-state index contributed by atoms with van der Waals surface area (Å²) in [5.74, 6) is 0. The summed E-state index contributed by atoms with van der Waals surface area (Å²) < 4.78 is 0. The van der Waals surface area contributed by atoms with Crippen LogP contribution in [-0.4, -0.2) is 4.98 Å². The Morgan fingerprint density at radius 2 is 1.62 bits per heavy atom. The summed E-state index contributed by atoms with van der Waals surface area (Å²) in [6.45, 7) is 10.9. The maximum Gasteiger partial charge on any atom is 0.115 e. The van der Waals surface area contributed by atoms with Crippen molar-refractivity contribution in [1.29, 1.82) is 0 Å². The lowest BCUT2D eigenvalue weighted by Gasteiger charge is -2.28. The molecule has 0 aliphatic heterocycles. The van der Waals surface area contributed by atoms with E-state index in [9.17, 15) is 0 Å². The smallest absolute Gasteiger partial charge is 0.115 e. The van der Waals surface area contributed by atoms with Gasteiger partial charge in [-0.25, -0.2) is 4.98 Å². The zero-order chi connectivity index (χ0) is 15.6. The number of rotatable bonds is 12. The average molecular weight is 308 g/mol. The summed E-state index contributed by atoms with van der Waals surface area (Å²) in [4.78, 5) is 5.95. The third-order valence-electron chi connectivity index (χ3n) is 4.46. The molecule has 0 fully saturated rings. The number of thiazole rings is 1. The van der Waals surface area contributed by atoms with Gasteiger partial charge in [0, 0.05) is 16.5 Å². The number of nitrogens with zero attached hydrogens (tertiary/aromatic N) is 1. The third kappa shape index (κ3) is 6.34. The van der Waals surface area contributed by atoms with Gasteiger partial charge in [-0.2, -0.15) is 0 Å². The van der Waals surface area contributed by atoms with Crippen LogP contribution in [0.3, 0.4) is 0 Å². The van der Waals surface area contributed by atoms with E-state index in [2.05, 4.69) is 38.5 Å². The molecule has 1 rings (SSSR count). The second-order valence-electron chi connectivity index (χ2n) is 6.45. The van der Waals surface area contributed by atoms with Crippen LogP contribution in [0, 0.1) is 0 Å². The van der Waals surface area contributed by atoms with Gasteiger partial charge < -0.3 is 0 Å². The topological polar surface area (TPSA) is 12.9 Å². The molecule has 2 heteroatoms. The van der Waals surface area contributed by atoms with Crippen LogP contribution in [-0.2, 0) is 5.41 Å². The summed E-state index contributed by atoms with van der Waals surface area (Å²) >= 11 is 1.84. The van der Waals surface area contributed by atoms with Crippen molar-refractivity contribution < 1.29 is 0 Å². The molecule has 0 radical (unpaired) electrons. The van der Waals surface area contributed by atoms with E-state index in [1.165, 1.54) is 69.1 Å². The molecule has 0 saturated carbocycles. The number of unbranched alkanes of at least 4 members (excludes halogenated alkanes) is 6. The maximum absolute atomic E-state index is 4.49. The molecule has 1 atom stereocenters. The highest BCUT2D eigenvalue weighted by Gasteiger charge is 2.27. The fourth-order valence-corrected chi connectivity index (χ4v) is 3.89. The van der Waals surface area contributed by atoms with Crippen LogP contribution in [0.15, 0.2) is 12.8 Å². The predicted octanol–water partition coefficient (Wildman–Crippen LogP) is 6.98. The quantitative estimate of drug-likeness (QED) is 0.379. The van der Waals surface area contributed by atoms with Crippen LogP contribution >= 0.6 is 11.3 Å². The van der Waals surface area contributed by atoms with Gasteiger partial charge in [-0.3, -0.25) is 0 Å². The van der Waals surface area contributed by atoms with Gasteiger partial charge in [0.15, 0.2) is 0 Å². The Hall–Kier alpha value is -0.630. The Morgan fingerprint density at radius 1 is 1.05 bits per heavy atom. The minimum absolute atomic E-state index is 0.320. The van der Waals surface area contributed by atoms with Crippen molar-refractivity contribution in [3.8, 4) is 0 Å². The van der Waals surface area contributed by atoms with E-state index in [-0.39, 0.29) is 0 Å². The fourth-order valence-electron chi connectivity index (χ4n) is 2.92. The first-order valence-electron chi connectivity index (χ1n) is 8.75. The fraction of sp³-hybridized carbons (Fsp3) is 0.737. The average Bonchev–Trinajstić information content (AvgIpc) is 2.97. The maximum atomic E-state index is 4.49. The van der Waals surface area contributed by atoms with Gasteiger partial charge in [0.05, 0.1) is 0 Å². The number of aromatic nitrogens is 1. The summed E-state index contributed by atoms with van der Waals surface area (Å²) in [5.41, 5.74) is 0.320. The van der Waals surface area contributed by atoms with E-state index in [0.29, 0.717) is 5.41 Å². The molecule has 0 aliphatic carbocycles. The van der Waals surface area contributed by atoms with Crippen LogP contribution in [0.1, 0.15) is 94.9 Å². The van der Waals surface area contributed by atoms with Gasteiger partial charge in [0.1, 0.15) is 5.01 Å². The van der Waals surface area contributed by atoms with Crippen LogP contribution in [0.4, 0.5) is 0 Å². The zero-order valence-corrected chi connectivity index (χ0v) is 15.1. The van der Waals surface area contributed by atoms with E-state index in [1.54, 1.807) is 0 Å². The van der Waals surface area contributed by atoms with Crippen LogP contribution in [0.25, 0.3) is 6.08 Å². The third-order valence-corrected chi connectivity index (χ3v) is 5.76. The van der Waals surface area contributed by atoms with E-state index in [4.69, 9.17) is 0 Å². The minimum Gasteiger partial charge on any atom is -0.245 e. The lowest BCUT2D eigenvalue weighted by Crippen LogP contribution is -2.20. The highest BCUT2D eigenvalue weighted by atomic mass is 32.1. The van der Waals surface area contributed by atoms with Crippen LogP contribution in [0.2, 0.25) is 0 Å². The number of hydrogen-bond donors (Lipinski definition) is 0. The highest BCUT2D eigenvalue weighted by molar-refractivity contribution is 7.12. The molecule has 1 aromatic heterocycles. The molecule has 120 valence electrons. The van der Waals surface area contributed by atoms with Crippen LogP contribution in [0.5, 0.6) is 0 Å². The Morgan fingerprint density at radius 3 is 2.19 bits per heavy atom. The molecule has 1 aromatic rings. The normalized spacial score (nSPS) is 14.0. The van der Waals surface area contributed by atoms with Crippen molar-refractivity contribution in [2.24, 2.45) is 0 Å². The van der Waals surface area contributed by atoms with Crippen LogP contribution < -0.4 is 0 Å². The highest BCUT2D eigenvalue weighted by Crippen LogP contribution is 2.38. The lowest BCUT2D eigenvalue weighted by molar-refractivity contribution is 0.371. The molecule has 0 N–H and O–H groups in total. The molecular weight excluding hydrogens is 274 g/mol. The SMILES string of the molecule is C=Cc1ncc(C(C)(CCCCC)CCCCCCC)s1. The van der Waals surface area contributed by atoms with Crippen molar-refractivity contribution in [3.63, 3.8) is 0 Å². The minimum atomic E-state index is 0.320. The van der Waals surface area contributed by atoms with Gasteiger partial charge in [-0.1, -0.05) is 78.7 Å². The van der Waals surface area contributed by atoms with Gasteiger partial charge >= 0.3 is 0 Å². The molecule has 1 unspecified atom stereocenters. The van der Waals surface area contributed by atoms with Crippen molar-refractivity contribution in [3.05, 3.63) is 22.7 Å². The second kappa shape index (κ2) is 10.2. The largest absolute Gasteiger partial charge is 0.245 e. The molecule has 1 nitrogen and oxygen atoms in total. The van der Waals surface area contributed by atoms with Crippen molar-refractivity contribution in [2.75, 3.05) is 0 Å². The summed E-state index contributed by atoms with van der Waals surface area (Å²) in [5, 5.41) is 1.07. The molecule has 0 saturated heterocycles.